The standard InChI is InChI=1S/C13H23N3O2/c1-15-7-8-16(9-11(15)12(14)17)13(18)10-5-3-2-4-6-10/h10-11H,2-9H2,1H3,(H2,14,17)/t11-/m0/s1. The van der Waals surface area contributed by atoms with Gasteiger partial charge in [0, 0.05) is 25.6 Å². The molecule has 102 valence electrons. The number of amides is 2. The van der Waals surface area contributed by atoms with Gasteiger partial charge in [0.1, 0.15) is 6.04 Å². The molecule has 5 heteroatoms. The predicted octanol–water partition coefficient (Wildman–Crippen LogP) is 0.195. The molecule has 0 spiro atoms. The Morgan fingerprint density at radius 1 is 1.11 bits per heavy atom. The van der Waals surface area contributed by atoms with Gasteiger partial charge in [-0.2, -0.15) is 0 Å². The average molecular weight is 253 g/mol. The molecule has 0 aromatic heterocycles. The van der Waals surface area contributed by atoms with Crippen molar-refractivity contribution in [3.05, 3.63) is 0 Å². The van der Waals surface area contributed by atoms with Crippen LogP contribution in [-0.4, -0.2) is 54.3 Å². The number of hydrogen-bond acceptors (Lipinski definition) is 3. The number of piperazine rings is 1. The van der Waals surface area contributed by atoms with E-state index in [1.165, 1.54) is 6.42 Å². The lowest BCUT2D eigenvalue weighted by molar-refractivity contribution is -0.141. The third-order valence-electron chi connectivity index (χ3n) is 4.24. The molecule has 1 saturated carbocycles. The maximum atomic E-state index is 12.4. The van der Waals surface area contributed by atoms with E-state index in [0.29, 0.717) is 6.54 Å². The summed E-state index contributed by atoms with van der Waals surface area (Å²) in [5, 5.41) is 0. The van der Waals surface area contributed by atoms with Gasteiger partial charge in [-0.1, -0.05) is 19.3 Å². The van der Waals surface area contributed by atoms with Crippen molar-refractivity contribution in [1.29, 1.82) is 0 Å². The van der Waals surface area contributed by atoms with Gasteiger partial charge in [0.2, 0.25) is 11.8 Å². The molecule has 2 N–H and O–H groups in total. The minimum atomic E-state index is -0.335. The van der Waals surface area contributed by atoms with Gasteiger partial charge < -0.3 is 10.6 Å². The number of hydrogen-bond donors (Lipinski definition) is 1. The highest BCUT2D eigenvalue weighted by molar-refractivity contribution is 5.83. The smallest absolute Gasteiger partial charge is 0.236 e. The molecular formula is C13H23N3O2. The summed E-state index contributed by atoms with van der Waals surface area (Å²) in [6.07, 6.45) is 5.57. The van der Waals surface area contributed by atoms with Crippen LogP contribution in [0.25, 0.3) is 0 Å². The molecule has 0 radical (unpaired) electrons. The van der Waals surface area contributed by atoms with Gasteiger partial charge in [-0.3, -0.25) is 14.5 Å². The molecular weight excluding hydrogens is 230 g/mol. The van der Waals surface area contributed by atoms with Crippen LogP contribution in [0.15, 0.2) is 0 Å². The number of nitrogens with zero attached hydrogens (tertiary/aromatic N) is 2. The Balaban J connectivity index is 1.96. The highest BCUT2D eigenvalue weighted by Gasteiger charge is 2.33. The summed E-state index contributed by atoms with van der Waals surface area (Å²) in [6.45, 7) is 1.91. The van der Waals surface area contributed by atoms with Gasteiger partial charge in [0.25, 0.3) is 0 Å². The average Bonchev–Trinajstić information content (AvgIpc) is 2.39. The molecule has 2 fully saturated rings. The van der Waals surface area contributed by atoms with E-state index in [4.69, 9.17) is 5.73 Å². The number of nitrogens with two attached hydrogens (primary N) is 1. The summed E-state index contributed by atoms with van der Waals surface area (Å²) in [5.41, 5.74) is 5.38. The van der Waals surface area contributed by atoms with Crippen molar-refractivity contribution in [2.24, 2.45) is 11.7 Å². The van der Waals surface area contributed by atoms with Crippen LogP contribution in [0.2, 0.25) is 0 Å². The van der Waals surface area contributed by atoms with Crippen molar-refractivity contribution in [2.45, 2.75) is 38.1 Å². The molecule has 1 atom stereocenters. The molecule has 0 aromatic rings. The fourth-order valence-electron chi connectivity index (χ4n) is 2.99. The first-order chi connectivity index (χ1) is 8.59. The molecule has 5 nitrogen and oxygen atoms in total. The fourth-order valence-corrected chi connectivity index (χ4v) is 2.99. The molecule has 2 rings (SSSR count). The Morgan fingerprint density at radius 3 is 2.39 bits per heavy atom. The first-order valence-electron chi connectivity index (χ1n) is 6.88. The third kappa shape index (κ3) is 2.83. The highest BCUT2D eigenvalue weighted by atomic mass is 16.2. The van der Waals surface area contributed by atoms with Crippen LogP contribution < -0.4 is 5.73 Å². The molecule has 1 aliphatic carbocycles. The predicted molar refractivity (Wildman–Crippen MR) is 68.8 cm³/mol. The Bertz CT molecular complexity index is 326. The molecule has 18 heavy (non-hydrogen) atoms. The van der Waals surface area contributed by atoms with Gasteiger partial charge in [-0.05, 0) is 19.9 Å². The normalized spacial score (nSPS) is 27.2. The van der Waals surface area contributed by atoms with Crippen molar-refractivity contribution in [1.82, 2.24) is 9.80 Å². The van der Waals surface area contributed by atoms with E-state index in [1.807, 2.05) is 16.8 Å². The second-order valence-corrected chi connectivity index (χ2v) is 5.52. The zero-order valence-corrected chi connectivity index (χ0v) is 11.1. The lowest BCUT2D eigenvalue weighted by Gasteiger charge is -2.39. The Morgan fingerprint density at radius 2 is 1.78 bits per heavy atom. The summed E-state index contributed by atoms with van der Waals surface area (Å²) >= 11 is 0. The fraction of sp³-hybridized carbons (Fsp3) is 0.846. The Labute approximate surface area is 108 Å². The van der Waals surface area contributed by atoms with Crippen LogP contribution in [0, 0.1) is 5.92 Å². The van der Waals surface area contributed by atoms with Crippen LogP contribution in [0.5, 0.6) is 0 Å². The number of primary amides is 1. The Hall–Kier alpha value is -1.10. The number of likely N-dealkylation sites (N-methyl/N-ethyl adjacent to an activating group) is 1. The lowest BCUT2D eigenvalue weighted by atomic mass is 9.88. The van der Waals surface area contributed by atoms with E-state index >= 15 is 0 Å². The number of carbonyl (C=O) groups excluding carboxylic acids is 2. The van der Waals surface area contributed by atoms with E-state index < -0.39 is 0 Å². The second-order valence-electron chi connectivity index (χ2n) is 5.52. The monoisotopic (exact) mass is 253 g/mol. The van der Waals surface area contributed by atoms with E-state index in [-0.39, 0.29) is 23.8 Å². The van der Waals surface area contributed by atoms with Gasteiger partial charge in [0.15, 0.2) is 0 Å². The molecule has 2 amide bonds. The number of carbonyl (C=O) groups is 2. The van der Waals surface area contributed by atoms with Gasteiger partial charge in [0.05, 0.1) is 0 Å². The van der Waals surface area contributed by atoms with E-state index in [0.717, 1.165) is 38.8 Å². The first kappa shape index (κ1) is 13.3. The van der Waals surface area contributed by atoms with Gasteiger partial charge in [-0.25, -0.2) is 0 Å². The lowest BCUT2D eigenvalue weighted by Crippen LogP contribution is -2.58. The van der Waals surface area contributed by atoms with Crippen LogP contribution in [-0.2, 0) is 9.59 Å². The summed E-state index contributed by atoms with van der Waals surface area (Å²) in [6, 6.07) is -0.328. The molecule has 0 unspecified atom stereocenters. The van der Waals surface area contributed by atoms with Gasteiger partial charge >= 0.3 is 0 Å². The number of rotatable bonds is 2. The minimum absolute atomic E-state index is 0.177. The first-order valence-corrected chi connectivity index (χ1v) is 6.88. The van der Waals surface area contributed by atoms with Crippen molar-refractivity contribution in [3.8, 4) is 0 Å². The minimum Gasteiger partial charge on any atom is -0.368 e. The van der Waals surface area contributed by atoms with Crippen LogP contribution >= 0.6 is 0 Å². The van der Waals surface area contributed by atoms with E-state index in [1.54, 1.807) is 0 Å². The topological polar surface area (TPSA) is 66.6 Å². The summed E-state index contributed by atoms with van der Waals surface area (Å²) in [4.78, 5) is 27.5. The zero-order valence-electron chi connectivity index (χ0n) is 11.1. The van der Waals surface area contributed by atoms with Crippen molar-refractivity contribution >= 4 is 11.8 Å². The van der Waals surface area contributed by atoms with Crippen LogP contribution in [0.1, 0.15) is 32.1 Å². The molecule has 2 aliphatic rings. The quantitative estimate of drug-likeness (QED) is 0.764. The molecule has 1 aliphatic heterocycles. The summed E-state index contributed by atoms with van der Waals surface area (Å²) < 4.78 is 0. The SMILES string of the molecule is CN1CCN(C(=O)C2CCCCC2)C[C@H]1C(N)=O. The van der Waals surface area contributed by atoms with E-state index in [2.05, 4.69) is 0 Å². The maximum absolute atomic E-state index is 12.4. The third-order valence-corrected chi connectivity index (χ3v) is 4.24. The van der Waals surface area contributed by atoms with Gasteiger partial charge in [-0.15, -0.1) is 0 Å². The van der Waals surface area contributed by atoms with E-state index in [9.17, 15) is 9.59 Å². The largest absolute Gasteiger partial charge is 0.368 e. The highest BCUT2D eigenvalue weighted by Crippen LogP contribution is 2.26. The van der Waals surface area contributed by atoms with Crippen molar-refractivity contribution in [2.75, 3.05) is 26.7 Å². The van der Waals surface area contributed by atoms with Crippen molar-refractivity contribution in [3.63, 3.8) is 0 Å². The Kier molecular flexibility index (Phi) is 4.22. The van der Waals surface area contributed by atoms with Crippen LogP contribution in [0.3, 0.4) is 0 Å². The second kappa shape index (κ2) is 5.69. The van der Waals surface area contributed by atoms with Crippen LogP contribution in [0.4, 0.5) is 0 Å². The maximum Gasteiger partial charge on any atom is 0.236 e. The zero-order chi connectivity index (χ0) is 13.1. The molecule has 1 saturated heterocycles. The summed E-state index contributed by atoms with van der Waals surface area (Å²) in [5.74, 6) is 0.0726. The molecule has 0 aromatic carbocycles. The summed E-state index contributed by atoms with van der Waals surface area (Å²) in [7, 11) is 1.89. The van der Waals surface area contributed by atoms with Crippen molar-refractivity contribution < 1.29 is 9.59 Å². The molecule has 0 bridgehead atoms. The molecule has 1 heterocycles.